The first kappa shape index (κ1) is 14.6. The number of carbonyl (C=O) groups is 1. The van der Waals surface area contributed by atoms with Gasteiger partial charge in [0.1, 0.15) is 0 Å². The van der Waals surface area contributed by atoms with E-state index in [9.17, 15) is 18.7 Å². The van der Waals surface area contributed by atoms with Crippen LogP contribution in [0, 0.1) is 5.92 Å². The number of alkyl halides is 2. The Kier molecular flexibility index (Phi) is 4.40. The Bertz CT molecular complexity index is 413. The Labute approximate surface area is 104 Å². The molecule has 1 atom stereocenters. The van der Waals surface area contributed by atoms with Crippen LogP contribution in [0.4, 0.5) is 8.78 Å². The number of aliphatic carboxylic acids is 1. The van der Waals surface area contributed by atoms with Crippen LogP contribution in [-0.2, 0) is 11.2 Å². The van der Waals surface area contributed by atoms with Gasteiger partial charge in [0.05, 0.1) is 0 Å². The summed E-state index contributed by atoms with van der Waals surface area (Å²) in [7, 11) is 0. The van der Waals surface area contributed by atoms with Gasteiger partial charge in [0.15, 0.2) is 6.10 Å². The molecule has 1 aromatic rings. The van der Waals surface area contributed by atoms with Gasteiger partial charge in [-0.3, -0.25) is 0 Å². The van der Waals surface area contributed by atoms with Crippen molar-refractivity contribution in [3.05, 3.63) is 35.4 Å². The molecule has 3 nitrogen and oxygen atoms in total. The highest BCUT2D eigenvalue weighted by Crippen LogP contribution is 2.31. The first-order valence-electron chi connectivity index (χ1n) is 5.63. The van der Waals surface area contributed by atoms with Crippen LogP contribution in [0.5, 0.6) is 0 Å². The molecule has 2 N–H and O–H groups in total. The molecule has 18 heavy (non-hydrogen) atoms. The largest absolute Gasteiger partial charge is 0.477 e. The minimum absolute atomic E-state index is 0.102. The summed E-state index contributed by atoms with van der Waals surface area (Å²) >= 11 is 0. The topological polar surface area (TPSA) is 57.5 Å². The van der Waals surface area contributed by atoms with Crippen LogP contribution >= 0.6 is 0 Å². The molecule has 5 heteroatoms. The Morgan fingerprint density at radius 1 is 1.28 bits per heavy atom. The Morgan fingerprint density at radius 3 is 2.17 bits per heavy atom. The average molecular weight is 258 g/mol. The van der Waals surface area contributed by atoms with Crippen molar-refractivity contribution in [2.45, 2.75) is 32.3 Å². The molecule has 1 rings (SSSR count). The third-order valence-electron chi connectivity index (χ3n) is 2.57. The van der Waals surface area contributed by atoms with E-state index < -0.39 is 18.0 Å². The summed E-state index contributed by atoms with van der Waals surface area (Å²) in [4.78, 5) is 10.3. The molecular weight excluding hydrogens is 242 g/mol. The summed E-state index contributed by atoms with van der Waals surface area (Å²) in [5.41, 5.74) is 0.856. The number of aliphatic hydroxyl groups excluding tert-OH is 1. The van der Waals surface area contributed by atoms with Gasteiger partial charge >= 0.3 is 11.9 Å². The normalized spacial score (nSPS) is 13.7. The van der Waals surface area contributed by atoms with Crippen molar-refractivity contribution in [2.24, 2.45) is 5.92 Å². The van der Waals surface area contributed by atoms with E-state index in [1.165, 1.54) is 12.1 Å². The van der Waals surface area contributed by atoms with Crippen molar-refractivity contribution < 1.29 is 23.8 Å². The minimum Gasteiger partial charge on any atom is -0.477 e. The summed E-state index contributed by atoms with van der Waals surface area (Å²) in [6.07, 6.45) is -1.53. The molecular formula is C13H16F2O3. The van der Waals surface area contributed by atoms with Crippen molar-refractivity contribution in [1.82, 2.24) is 0 Å². The fourth-order valence-electron chi connectivity index (χ4n) is 1.63. The van der Waals surface area contributed by atoms with Crippen LogP contribution < -0.4 is 0 Å². The van der Waals surface area contributed by atoms with Crippen molar-refractivity contribution in [3.63, 3.8) is 0 Å². The summed E-state index contributed by atoms with van der Waals surface area (Å²) in [6, 6.07) is 5.91. The quantitative estimate of drug-likeness (QED) is 0.853. The summed E-state index contributed by atoms with van der Waals surface area (Å²) in [5.74, 6) is -6.08. The van der Waals surface area contributed by atoms with E-state index in [1.54, 1.807) is 12.1 Å². The molecule has 0 amide bonds. The second-order valence-electron chi connectivity index (χ2n) is 4.67. The monoisotopic (exact) mass is 258 g/mol. The predicted octanol–water partition coefficient (Wildman–Crippen LogP) is 2.64. The predicted molar refractivity (Wildman–Crippen MR) is 62.5 cm³/mol. The fraction of sp³-hybridized carbons (Fsp3) is 0.462. The van der Waals surface area contributed by atoms with E-state index in [1.807, 2.05) is 13.8 Å². The van der Waals surface area contributed by atoms with Crippen LogP contribution in [-0.4, -0.2) is 22.1 Å². The molecule has 0 aliphatic carbocycles. The molecule has 0 radical (unpaired) electrons. The molecule has 0 saturated carbocycles. The highest BCUT2D eigenvalue weighted by molar-refractivity contribution is 5.76. The average Bonchev–Trinajstić information content (AvgIpc) is 2.28. The van der Waals surface area contributed by atoms with Crippen LogP contribution in [0.25, 0.3) is 0 Å². The standard InChI is InChI=1S/C13H16F2O3/c1-8(2)7-9-3-5-10(6-4-9)11(16)13(14,15)12(17)18/h3-6,8,11,16H,7H2,1-2H3,(H,17,18). The van der Waals surface area contributed by atoms with Crippen LogP contribution in [0.1, 0.15) is 31.1 Å². The van der Waals surface area contributed by atoms with Gasteiger partial charge in [-0.05, 0) is 23.5 Å². The smallest absolute Gasteiger partial charge is 0.377 e. The van der Waals surface area contributed by atoms with Gasteiger partial charge in [0, 0.05) is 0 Å². The lowest BCUT2D eigenvalue weighted by Crippen LogP contribution is -2.35. The molecule has 0 aromatic heterocycles. The molecule has 1 aromatic carbocycles. The number of carboxylic acids is 1. The number of hydrogen-bond donors (Lipinski definition) is 2. The van der Waals surface area contributed by atoms with Crippen LogP contribution in [0.2, 0.25) is 0 Å². The highest BCUT2D eigenvalue weighted by Gasteiger charge is 2.47. The van der Waals surface area contributed by atoms with Gasteiger partial charge in [0.25, 0.3) is 0 Å². The van der Waals surface area contributed by atoms with Gasteiger partial charge < -0.3 is 10.2 Å². The van der Waals surface area contributed by atoms with Gasteiger partial charge in [-0.2, -0.15) is 8.78 Å². The second-order valence-corrected chi connectivity index (χ2v) is 4.67. The lowest BCUT2D eigenvalue weighted by Gasteiger charge is -2.18. The lowest BCUT2D eigenvalue weighted by molar-refractivity contribution is -0.182. The summed E-state index contributed by atoms with van der Waals surface area (Å²) in [5, 5.41) is 17.7. The molecule has 0 bridgehead atoms. The van der Waals surface area contributed by atoms with Gasteiger partial charge in [-0.15, -0.1) is 0 Å². The highest BCUT2D eigenvalue weighted by atomic mass is 19.3. The van der Waals surface area contributed by atoms with Gasteiger partial charge in [-0.1, -0.05) is 38.1 Å². The molecule has 0 heterocycles. The maximum atomic E-state index is 13.1. The van der Waals surface area contributed by atoms with E-state index in [-0.39, 0.29) is 5.56 Å². The number of hydrogen-bond acceptors (Lipinski definition) is 2. The van der Waals surface area contributed by atoms with Gasteiger partial charge in [0.2, 0.25) is 0 Å². The lowest BCUT2D eigenvalue weighted by atomic mass is 9.98. The van der Waals surface area contributed by atoms with Crippen molar-refractivity contribution in [1.29, 1.82) is 0 Å². The van der Waals surface area contributed by atoms with E-state index in [4.69, 9.17) is 5.11 Å². The van der Waals surface area contributed by atoms with E-state index in [2.05, 4.69) is 0 Å². The third-order valence-corrected chi connectivity index (χ3v) is 2.57. The second kappa shape index (κ2) is 5.44. The Morgan fingerprint density at radius 2 is 1.78 bits per heavy atom. The van der Waals surface area contributed by atoms with E-state index >= 15 is 0 Å². The first-order chi connectivity index (χ1) is 8.25. The molecule has 0 aliphatic heterocycles. The van der Waals surface area contributed by atoms with Crippen LogP contribution in [0.15, 0.2) is 24.3 Å². The third kappa shape index (κ3) is 3.26. The molecule has 0 aliphatic rings. The number of halogens is 2. The minimum atomic E-state index is -4.18. The summed E-state index contributed by atoms with van der Waals surface area (Å²) < 4.78 is 26.2. The molecule has 0 saturated heterocycles. The fourth-order valence-corrected chi connectivity index (χ4v) is 1.63. The maximum Gasteiger partial charge on any atom is 0.377 e. The molecule has 0 fully saturated rings. The molecule has 1 unspecified atom stereocenters. The van der Waals surface area contributed by atoms with Crippen molar-refractivity contribution in [2.75, 3.05) is 0 Å². The zero-order chi connectivity index (χ0) is 13.9. The zero-order valence-corrected chi connectivity index (χ0v) is 10.2. The molecule has 0 spiro atoms. The SMILES string of the molecule is CC(C)Cc1ccc(C(O)C(F)(F)C(=O)O)cc1. The van der Waals surface area contributed by atoms with E-state index in [0.717, 1.165) is 12.0 Å². The number of rotatable bonds is 5. The first-order valence-corrected chi connectivity index (χ1v) is 5.63. The zero-order valence-electron chi connectivity index (χ0n) is 10.2. The van der Waals surface area contributed by atoms with Gasteiger partial charge in [-0.25, -0.2) is 4.79 Å². The van der Waals surface area contributed by atoms with E-state index in [0.29, 0.717) is 5.92 Å². The summed E-state index contributed by atoms with van der Waals surface area (Å²) in [6.45, 7) is 4.06. The number of aliphatic hydroxyl groups is 1. The number of carboxylic acid groups (broad SMARTS) is 1. The van der Waals surface area contributed by atoms with Crippen molar-refractivity contribution in [3.8, 4) is 0 Å². The molecule has 100 valence electrons. The van der Waals surface area contributed by atoms with Crippen LogP contribution in [0.3, 0.4) is 0 Å². The number of benzene rings is 1. The maximum absolute atomic E-state index is 13.1. The Hall–Kier alpha value is -1.49. The van der Waals surface area contributed by atoms with Crippen molar-refractivity contribution >= 4 is 5.97 Å². The Balaban J connectivity index is 2.88.